The zero-order chi connectivity index (χ0) is 13.0. The summed E-state index contributed by atoms with van der Waals surface area (Å²) in [6, 6.07) is 9.40. The molecule has 0 aliphatic heterocycles. The lowest BCUT2D eigenvalue weighted by Gasteiger charge is -1.99. The molecule has 0 aliphatic rings. The number of ether oxygens (including phenoxy) is 1. The van der Waals surface area contributed by atoms with Crippen molar-refractivity contribution in [2.75, 3.05) is 7.11 Å². The van der Waals surface area contributed by atoms with Gasteiger partial charge in [0.2, 0.25) is 0 Å². The Kier molecular flexibility index (Phi) is 4.33. The number of thiophene rings is 1. The van der Waals surface area contributed by atoms with E-state index >= 15 is 0 Å². The molecule has 0 unspecified atom stereocenters. The van der Waals surface area contributed by atoms with E-state index in [2.05, 4.69) is 15.9 Å². The molecule has 0 atom stereocenters. The van der Waals surface area contributed by atoms with Crippen molar-refractivity contribution in [3.8, 4) is 5.75 Å². The van der Waals surface area contributed by atoms with Crippen LogP contribution in [-0.2, 0) is 0 Å². The van der Waals surface area contributed by atoms with Crippen LogP contribution in [0.1, 0.15) is 15.2 Å². The number of hydrogen-bond donors (Lipinski definition) is 0. The van der Waals surface area contributed by atoms with E-state index in [4.69, 9.17) is 4.74 Å². The third-order valence-electron chi connectivity index (χ3n) is 2.33. The van der Waals surface area contributed by atoms with Gasteiger partial charge in [0, 0.05) is 9.85 Å². The molecule has 1 aromatic heterocycles. The molecule has 2 nitrogen and oxygen atoms in total. The lowest BCUT2D eigenvalue weighted by Crippen LogP contribution is -1.89. The van der Waals surface area contributed by atoms with Crippen LogP contribution in [0.4, 0.5) is 0 Å². The Bertz CT molecular complexity index is 587. The SMILES string of the molecule is COc1cccc(/C=C/C(=O)c2cc(Br)cs2)c1. The first-order valence-corrected chi connectivity index (χ1v) is 6.97. The fourth-order valence-electron chi connectivity index (χ4n) is 1.44. The molecule has 92 valence electrons. The summed E-state index contributed by atoms with van der Waals surface area (Å²) >= 11 is 4.76. The van der Waals surface area contributed by atoms with Gasteiger partial charge >= 0.3 is 0 Å². The van der Waals surface area contributed by atoms with Gasteiger partial charge in [0.15, 0.2) is 5.78 Å². The number of carbonyl (C=O) groups is 1. The minimum Gasteiger partial charge on any atom is -0.497 e. The standard InChI is InChI=1S/C14H11BrO2S/c1-17-12-4-2-3-10(7-12)5-6-13(16)14-8-11(15)9-18-14/h2-9H,1H3/b6-5+. The first-order valence-electron chi connectivity index (χ1n) is 5.29. The second-order valence-electron chi connectivity index (χ2n) is 3.60. The van der Waals surface area contributed by atoms with Crippen molar-refractivity contribution in [1.29, 1.82) is 0 Å². The van der Waals surface area contributed by atoms with Gasteiger partial charge in [-0.3, -0.25) is 4.79 Å². The van der Waals surface area contributed by atoms with Gasteiger partial charge in [-0.25, -0.2) is 0 Å². The van der Waals surface area contributed by atoms with Gasteiger partial charge in [-0.15, -0.1) is 11.3 Å². The normalized spacial score (nSPS) is 10.8. The van der Waals surface area contributed by atoms with Crippen LogP contribution >= 0.6 is 27.3 Å². The molecule has 0 bridgehead atoms. The van der Waals surface area contributed by atoms with Gasteiger partial charge < -0.3 is 4.74 Å². The van der Waals surface area contributed by atoms with Crippen molar-refractivity contribution in [2.45, 2.75) is 0 Å². The second-order valence-corrected chi connectivity index (χ2v) is 5.43. The van der Waals surface area contributed by atoms with E-state index in [1.807, 2.05) is 35.7 Å². The Morgan fingerprint density at radius 2 is 2.22 bits per heavy atom. The van der Waals surface area contributed by atoms with Crippen LogP contribution in [0.15, 0.2) is 46.3 Å². The summed E-state index contributed by atoms with van der Waals surface area (Å²) in [5.74, 6) is 0.789. The van der Waals surface area contributed by atoms with Crippen molar-refractivity contribution in [3.63, 3.8) is 0 Å². The quantitative estimate of drug-likeness (QED) is 0.615. The minimum atomic E-state index is 0.00789. The van der Waals surface area contributed by atoms with Crippen LogP contribution in [0, 0.1) is 0 Å². The van der Waals surface area contributed by atoms with Gasteiger partial charge in [-0.05, 0) is 45.8 Å². The summed E-state index contributed by atoms with van der Waals surface area (Å²) in [4.78, 5) is 12.6. The van der Waals surface area contributed by atoms with E-state index < -0.39 is 0 Å². The van der Waals surface area contributed by atoms with E-state index in [1.54, 1.807) is 19.3 Å². The molecule has 0 fully saturated rings. The molecular formula is C14H11BrO2S. The van der Waals surface area contributed by atoms with E-state index in [0.717, 1.165) is 20.7 Å². The van der Waals surface area contributed by atoms with E-state index in [-0.39, 0.29) is 5.78 Å². The minimum absolute atomic E-state index is 0.00789. The Morgan fingerprint density at radius 1 is 1.39 bits per heavy atom. The number of rotatable bonds is 4. The maximum absolute atomic E-state index is 11.9. The van der Waals surface area contributed by atoms with Crippen molar-refractivity contribution in [2.24, 2.45) is 0 Å². The van der Waals surface area contributed by atoms with Gasteiger partial charge in [-0.1, -0.05) is 18.2 Å². The number of hydrogen-bond acceptors (Lipinski definition) is 3. The molecule has 0 spiro atoms. The molecular weight excluding hydrogens is 312 g/mol. The van der Waals surface area contributed by atoms with Gasteiger partial charge in [-0.2, -0.15) is 0 Å². The average molecular weight is 323 g/mol. The highest BCUT2D eigenvalue weighted by molar-refractivity contribution is 9.10. The molecule has 0 saturated carbocycles. The number of methoxy groups -OCH3 is 1. The number of halogens is 1. The Morgan fingerprint density at radius 3 is 2.89 bits per heavy atom. The first kappa shape index (κ1) is 13.1. The molecule has 2 aromatic rings. The van der Waals surface area contributed by atoms with E-state index in [9.17, 15) is 4.79 Å². The highest BCUT2D eigenvalue weighted by atomic mass is 79.9. The summed E-state index contributed by atoms with van der Waals surface area (Å²) in [7, 11) is 1.62. The second kappa shape index (κ2) is 5.98. The fraction of sp³-hybridized carbons (Fsp3) is 0.0714. The molecule has 1 aromatic carbocycles. The van der Waals surface area contributed by atoms with Gasteiger partial charge in [0.05, 0.1) is 12.0 Å². The van der Waals surface area contributed by atoms with Crippen LogP contribution in [-0.4, -0.2) is 12.9 Å². The maximum atomic E-state index is 11.9. The monoisotopic (exact) mass is 322 g/mol. The van der Waals surface area contributed by atoms with Crippen LogP contribution < -0.4 is 4.74 Å². The van der Waals surface area contributed by atoms with E-state index in [0.29, 0.717) is 0 Å². The molecule has 0 aliphatic carbocycles. The molecule has 0 saturated heterocycles. The zero-order valence-corrected chi connectivity index (χ0v) is 12.1. The molecule has 0 radical (unpaired) electrons. The topological polar surface area (TPSA) is 26.3 Å². The first-order chi connectivity index (χ1) is 8.69. The van der Waals surface area contributed by atoms with Crippen molar-refractivity contribution >= 4 is 39.1 Å². The smallest absolute Gasteiger partial charge is 0.195 e. The average Bonchev–Trinajstić information content (AvgIpc) is 2.83. The predicted molar refractivity (Wildman–Crippen MR) is 78.4 cm³/mol. The van der Waals surface area contributed by atoms with E-state index in [1.165, 1.54) is 11.3 Å². The van der Waals surface area contributed by atoms with Crippen molar-refractivity contribution in [3.05, 3.63) is 56.7 Å². The lowest BCUT2D eigenvalue weighted by molar-refractivity contribution is 0.105. The Balaban J connectivity index is 2.12. The summed E-state index contributed by atoms with van der Waals surface area (Å²) in [5.41, 5.74) is 0.943. The number of carbonyl (C=O) groups excluding carboxylic acids is 1. The predicted octanol–water partition coefficient (Wildman–Crippen LogP) is 4.42. The summed E-state index contributed by atoms with van der Waals surface area (Å²) in [6.45, 7) is 0. The zero-order valence-electron chi connectivity index (χ0n) is 9.72. The maximum Gasteiger partial charge on any atom is 0.195 e. The molecule has 0 amide bonds. The molecule has 1 heterocycles. The molecule has 4 heteroatoms. The molecule has 18 heavy (non-hydrogen) atoms. The van der Waals surface area contributed by atoms with Gasteiger partial charge in [0.1, 0.15) is 5.75 Å². The third-order valence-corrected chi connectivity index (χ3v) is 4.04. The van der Waals surface area contributed by atoms with Crippen LogP contribution in [0.3, 0.4) is 0 Å². The molecule has 0 N–H and O–H groups in total. The van der Waals surface area contributed by atoms with Crippen LogP contribution in [0.25, 0.3) is 6.08 Å². The van der Waals surface area contributed by atoms with Crippen molar-refractivity contribution < 1.29 is 9.53 Å². The summed E-state index contributed by atoms with van der Waals surface area (Å²) in [6.07, 6.45) is 3.37. The number of ketones is 1. The molecule has 2 rings (SSSR count). The Labute approximate surface area is 118 Å². The van der Waals surface area contributed by atoms with Crippen molar-refractivity contribution in [1.82, 2.24) is 0 Å². The number of allylic oxidation sites excluding steroid dienone is 1. The number of benzene rings is 1. The highest BCUT2D eigenvalue weighted by Crippen LogP contribution is 2.21. The summed E-state index contributed by atoms with van der Waals surface area (Å²) in [5, 5.41) is 1.90. The Hall–Kier alpha value is -1.39. The largest absolute Gasteiger partial charge is 0.497 e. The fourth-order valence-corrected chi connectivity index (χ4v) is 2.79. The highest BCUT2D eigenvalue weighted by Gasteiger charge is 2.04. The third kappa shape index (κ3) is 3.31. The lowest BCUT2D eigenvalue weighted by atomic mass is 10.2. The summed E-state index contributed by atoms with van der Waals surface area (Å²) < 4.78 is 6.06. The van der Waals surface area contributed by atoms with Gasteiger partial charge in [0.25, 0.3) is 0 Å². The van der Waals surface area contributed by atoms with Crippen LogP contribution in [0.5, 0.6) is 5.75 Å². The van der Waals surface area contributed by atoms with Crippen LogP contribution in [0.2, 0.25) is 0 Å².